The Morgan fingerprint density at radius 1 is 0.972 bits per heavy atom. The van der Waals surface area contributed by atoms with Crippen molar-refractivity contribution < 1.29 is 19.1 Å². The molecule has 184 valence electrons. The molecule has 8 heteroatoms. The predicted molar refractivity (Wildman–Crippen MR) is 142 cm³/mol. The molecule has 0 saturated heterocycles. The fraction of sp³-hybridized carbons (Fsp3) is 0.214. The molecule has 0 bridgehead atoms. The largest absolute Gasteiger partial charge is 0.496 e. The van der Waals surface area contributed by atoms with Gasteiger partial charge in [0.15, 0.2) is 0 Å². The summed E-state index contributed by atoms with van der Waals surface area (Å²) in [6.45, 7) is 0.264. The molecule has 3 aromatic carbocycles. The van der Waals surface area contributed by atoms with E-state index in [2.05, 4.69) is 9.88 Å². The molecule has 1 aromatic heterocycles. The topological polar surface area (TPSA) is 72.8 Å². The van der Waals surface area contributed by atoms with Crippen LogP contribution in [0.5, 0.6) is 11.5 Å². The highest BCUT2D eigenvalue weighted by Gasteiger charge is 2.40. The Morgan fingerprint density at radius 2 is 1.64 bits per heavy atom. The number of hydrogen-bond donors (Lipinski definition) is 1. The third kappa shape index (κ3) is 4.07. The van der Waals surface area contributed by atoms with Crippen molar-refractivity contribution in [1.82, 2.24) is 9.88 Å². The smallest absolute Gasteiger partial charge is 0.248 e. The van der Waals surface area contributed by atoms with Gasteiger partial charge in [-0.15, -0.1) is 0 Å². The first-order chi connectivity index (χ1) is 17.5. The number of aromatic nitrogens is 1. The van der Waals surface area contributed by atoms with Crippen LogP contribution in [0.15, 0.2) is 77.8 Å². The van der Waals surface area contributed by atoms with Gasteiger partial charge in [0.05, 0.1) is 30.7 Å². The number of anilines is 1. The SMILES string of the molecule is COc1ccccc1CNC(=O)[C@@H]1c2c(n(C)c3ccccc23)SCC(=O)N1c1ccccc1OC. The van der Waals surface area contributed by atoms with E-state index in [1.54, 1.807) is 25.2 Å². The van der Waals surface area contributed by atoms with Gasteiger partial charge in [-0.3, -0.25) is 14.5 Å². The number of fused-ring (bicyclic) bond motifs is 3. The van der Waals surface area contributed by atoms with Crippen molar-refractivity contribution in [1.29, 1.82) is 0 Å². The molecule has 0 aliphatic carbocycles. The summed E-state index contributed by atoms with van der Waals surface area (Å²) >= 11 is 1.45. The van der Waals surface area contributed by atoms with Crippen molar-refractivity contribution in [2.75, 3.05) is 24.9 Å². The van der Waals surface area contributed by atoms with E-state index in [0.29, 0.717) is 17.2 Å². The first-order valence-electron chi connectivity index (χ1n) is 11.6. The van der Waals surface area contributed by atoms with Crippen molar-refractivity contribution in [2.24, 2.45) is 7.05 Å². The maximum Gasteiger partial charge on any atom is 0.248 e. The number of benzene rings is 3. The highest BCUT2D eigenvalue weighted by atomic mass is 32.2. The lowest BCUT2D eigenvalue weighted by Crippen LogP contribution is -2.44. The minimum atomic E-state index is -0.889. The first-order valence-corrected chi connectivity index (χ1v) is 12.6. The first kappa shape index (κ1) is 23.8. The van der Waals surface area contributed by atoms with Gasteiger partial charge in [0.25, 0.3) is 0 Å². The van der Waals surface area contributed by atoms with Crippen LogP contribution in [-0.2, 0) is 23.2 Å². The number of thioether (sulfide) groups is 1. The normalized spacial score (nSPS) is 15.4. The molecule has 4 aromatic rings. The lowest BCUT2D eigenvalue weighted by molar-refractivity contribution is -0.125. The summed E-state index contributed by atoms with van der Waals surface area (Å²) in [6.07, 6.45) is 0. The molecule has 2 heterocycles. The molecule has 5 rings (SSSR count). The van der Waals surface area contributed by atoms with Crippen molar-refractivity contribution in [3.63, 3.8) is 0 Å². The predicted octanol–water partition coefficient (Wildman–Crippen LogP) is 4.69. The van der Waals surface area contributed by atoms with Crippen LogP contribution in [0.4, 0.5) is 5.69 Å². The van der Waals surface area contributed by atoms with Gasteiger partial charge < -0.3 is 19.4 Å². The lowest BCUT2D eigenvalue weighted by Gasteiger charge is -2.31. The van der Waals surface area contributed by atoms with E-state index in [1.165, 1.54) is 11.8 Å². The van der Waals surface area contributed by atoms with Crippen LogP contribution < -0.4 is 19.7 Å². The summed E-state index contributed by atoms with van der Waals surface area (Å²) in [4.78, 5) is 29.3. The third-order valence-corrected chi connectivity index (χ3v) is 7.62. The van der Waals surface area contributed by atoms with Crippen LogP contribution in [0.2, 0.25) is 0 Å². The average Bonchev–Trinajstić information content (AvgIpc) is 3.09. The number of ether oxygens (including phenoxy) is 2. The molecule has 0 unspecified atom stereocenters. The van der Waals surface area contributed by atoms with Gasteiger partial charge in [0.2, 0.25) is 11.8 Å². The van der Waals surface area contributed by atoms with Gasteiger partial charge in [0.1, 0.15) is 17.5 Å². The molecule has 1 atom stereocenters. The molecule has 0 radical (unpaired) electrons. The van der Waals surface area contributed by atoms with Crippen LogP contribution in [0, 0.1) is 0 Å². The number of nitrogens with one attached hydrogen (secondary N) is 1. The van der Waals surface area contributed by atoms with Crippen molar-refractivity contribution in [3.8, 4) is 11.5 Å². The van der Waals surface area contributed by atoms with E-state index >= 15 is 0 Å². The lowest BCUT2D eigenvalue weighted by atomic mass is 10.0. The van der Waals surface area contributed by atoms with Gasteiger partial charge in [-0.25, -0.2) is 0 Å². The molecule has 1 N–H and O–H groups in total. The van der Waals surface area contributed by atoms with E-state index in [4.69, 9.17) is 9.47 Å². The zero-order chi connectivity index (χ0) is 25.2. The van der Waals surface area contributed by atoms with E-state index in [0.717, 1.165) is 27.1 Å². The van der Waals surface area contributed by atoms with Crippen LogP contribution in [0.1, 0.15) is 17.2 Å². The molecule has 1 aliphatic rings. The van der Waals surface area contributed by atoms with Crippen molar-refractivity contribution in [3.05, 3.63) is 83.9 Å². The maximum atomic E-state index is 14.1. The van der Waals surface area contributed by atoms with Crippen LogP contribution in [0.3, 0.4) is 0 Å². The quantitative estimate of drug-likeness (QED) is 0.415. The minimum absolute atomic E-state index is 0.165. The molecular formula is C28H27N3O4S. The fourth-order valence-electron chi connectivity index (χ4n) is 4.79. The highest BCUT2D eigenvalue weighted by molar-refractivity contribution is 8.00. The highest BCUT2D eigenvalue weighted by Crippen LogP contribution is 2.45. The Bertz CT molecular complexity index is 1450. The van der Waals surface area contributed by atoms with E-state index in [1.807, 2.05) is 73.8 Å². The van der Waals surface area contributed by atoms with Gasteiger partial charge in [-0.05, 0) is 24.3 Å². The van der Waals surface area contributed by atoms with Gasteiger partial charge >= 0.3 is 0 Å². The average molecular weight is 502 g/mol. The zero-order valence-corrected chi connectivity index (χ0v) is 21.2. The van der Waals surface area contributed by atoms with Crippen molar-refractivity contribution >= 4 is 40.2 Å². The van der Waals surface area contributed by atoms with Gasteiger partial charge in [0, 0.05) is 35.6 Å². The van der Waals surface area contributed by atoms with E-state index in [-0.39, 0.29) is 24.1 Å². The summed E-state index contributed by atoms with van der Waals surface area (Å²) < 4.78 is 13.1. The Kier molecular flexibility index (Phi) is 6.61. The number of carbonyl (C=O) groups excluding carboxylic acids is 2. The van der Waals surface area contributed by atoms with Crippen molar-refractivity contribution in [2.45, 2.75) is 17.6 Å². The summed E-state index contributed by atoms with van der Waals surface area (Å²) in [5.41, 5.74) is 3.23. The zero-order valence-electron chi connectivity index (χ0n) is 20.4. The summed E-state index contributed by atoms with van der Waals surface area (Å²) in [6, 6.07) is 21.9. The second-order valence-corrected chi connectivity index (χ2v) is 9.42. The Hall–Kier alpha value is -3.91. The number of methoxy groups -OCH3 is 2. The molecular weight excluding hydrogens is 474 g/mol. The van der Waals surface area contributed by atoms with Gasteiger partial charge in [-0.1, -0.05) is 60.3 Å². The molecule has 0 fully saturated rings. The number of hydrogen-bond acceptors (Lipinski definition) is 5. The molecule has 1 aliphatic heterocycles. The Morgan fingerprint density at radius 3 is 2.42 bits per heavy atom. The number of aryl methyl sites for hydroxylation is 1. The maximum absolute atomic E-state index is 14.1. The number of carbonyl (C=O) groups is 2. The molecule has 7 nitrogen and oxygen atoms in total. The number of nitrogens with zero attached hydrogens (tertiary/aromatic N) is 2. The van der Waals surface area contributed by atoms with Crippen LogP contribution in [-0.4, -0.2) is 36.4 Å². The monoisotopic (exact) mass is 501 g/mol. The number of rotatable bonds is 6. The van der Waals surface area contributed by atoms with Gasteiger partial charge in [-0.2, -0.15) is 0 Å². The summed E-state index contributed by atoms with van der Waals surface area (Å²) in [5.74, 6) is 0.980. The third-order valence-electron chi connectivity index (χ3n) is 6.46. The summed E-state index contributed by atoms with van der Waals surface area (Å²) in [5, 5.41) is 4.91. The van der Waals surface area contributed by atoms with E-state index < -0.39 is 6.04 Å². The van der Waals surface area contributed by atoms with Crippen LogP contribution in [0.25, 0.3) is 10.9 Å². The second-order valence-electron chi connectivity index (χ2n) is 8.45. The summed E-state index contributed by atoms with van der Waals surface area (Å²) in [7, 11) is 5.14. The fourth-order valence-corrected chi connectivity index (χ4v) is 5.86. The van der Waals surface area contributed by atoms with Crippen LogP contribution >= 0.6 is 11.8 Å². The second kappa shape index (κ2) is 9.99. The van der Waals surface area contributed by atoms with E-state index in [9.17, 15) is 9.59 Å². The Labute approximate surface area is 214 Å². The molecule has 0 saturated carbocycles. The Balaban J connectivity index is 1.66. The minimum Gasteiger partial charge on any atom is -0.496 e. The number of amides is 2. The molecule has 2 amide bonds. The number of para-hydroxylation sites is 4. The standard InChI is InChI=1S/C28H27N3O4S/c1-30-20-12-6-5-11-19(20)25-26(27(33)29-16-18-10-4-8-14-22(18)34-2)31(24(32)17-36-28(25)30)21-13-7-9-15-23(21)35-3/h4-15,26H,16-17H2,1-3H3,(H,29,33)/t26-/m0/s1. The molecule has 36 heavy (non-hydrogen) atoms. The molecule has 0 spiro atoms.